The Labute approximate surface area is 154 Å². The maximum atomic E-state index is 12.9. The fourth-order valence-corrected chi connectivity index (χ4v) is 5.06. The Hall–Kier alpha value is -1.56. The zero-order chi connectivity index (χ0) is 18.0. The summed E-state index contributed by atoms with van der Waals surface area (Å²) in [5, 5.41) is 0.587. The summed E-state index contributed by atoms with van der Waals surface area (Å²) in [5.74, 6) is 0. The second-order valence-corrected chi connectivity index (χ2v) is 8.70. The third-order valence-electron chi connectivity index (χ3n) is 4.61. The highest BCUT2D eigenvalue weighted by molar-refractivity contribution is 7.89. The predicted molar refractivity (Wildman–Crippen MR) is 103 cm³/mol. The van der Waals surface area contributed by atoms with Crippen LogP contribution in [-0.4, -0.2) is 27.5 Å². The van der Waals surface area contributed by atoms with E-state index in [0.29, 0.717) is 22.0 Å². The number of benzene rings is 2. The van der Waals surface area contributed by atoms with Gasteiger partial charge < -0.3 is 4.90 Å². The largest absolute Gasteiger partial charge is 0.370 e. The van der Waals surface area contributed by atoms with Crippen molar-refractivity contribution in [1.82, 2.24) is 4.72 Å². The van der Waals surface area contributed by atoms with Gasteiger partial charge in [0, 0.05) is 29.8 Å². The quantitative estimate of drug-likeness (QED) is 0.877. The summed E-state index contributed by atoms with van der Waals surface area (Å²) in [6.07, 6.45) is 1.80. The number of nitrogens with zero attached hydrogens (tertiary/aromatic N) is 1. The van der Waals surface area contributed by atoms with Crippen LogP contribution >= 0.6 is 11.6 Å². The number of aryl methyl sites for hydroxylation is 2. The zero-order valence-electron chi connectivity index (χ0n) is 14.5. The zero-order valence-corrected chi connectivity index (χ0v) is 16.1. The monoisotopic (exact) mass is 378 g/mol. The second-order valence-electron chi connectivity index (χ2n) is 6.61. The number of anilines is 1. The molecule has 0 unspecified atom stereocenters. The highest BCUT2D eigenvalue weighted by Gasteiger charge is 2.26. The molecule has 4 nitrogen and oxygen atoms in total. The van der Waals surface area contributed by atoms with E-state index in [9.17, 15) is 8.42 Å². The molecule has 0 aromatic heterocycles. The molecule has 0 spiro atoms. The van der Waals surface area contributed by atoms with Gasteiger partial charge in [0.25, 0.3) is 0 Å². The molecule has 0 radical (unpaired) electrons. The maximum absolute atomic E-state index is 12.9. The lowest BCUT2D eigenvalue weighted by Gasteiger charge is -2.34. The van der Waals surface area contributed by atoms with Gasteiger partial charge in [0.05, 0.1) is 4.90 Å². The fourth-order valence-electron chi connectivity index (χ4n) is 3.27. The van der Waals surface area contributed by atoms with Crippen molar-refractivity contribution in [3.05, 3.63) is 58.6 Å². The van der Waals surface area contributed by atoms with Gasteiger partial charge in [-0.3, -0.25) is 0 Å². The Balaban J connectivity index is 1.78. The molecule has 0 bridgehead atoms. The van der Waals surface area contributed by atoms with Crippen molar-refractivity contribution >= 4 is 27.3 Å². The molecule has 1 fully saturated rings. The smallest absolute Gasteiger partial charge is 0.241 e. The molecule has 1 atom stereocenters. The molecular formula is C19H23ClN2O2S. The van der Waals surface area contributed by atoms with Crippen LogP contribution in [0.15, 0.2) is 47.4 Å². The lowest BCUT2D eigenvalue weighted by molar-refractivity contribution is 0.466. The van der Waals surface area contributed by atoms with Crippen molar-refractivity contribution in [2.24, 2.45) is 0 Å². The molecule has 1 aliphatic heterocycles. The van der Waals surface area contributed by atoms with Gasteiger partial charge in [-0.25, -0.2) is 13.1 Å². The summed E-state index contributed by atoms with van der Waals surface area (Å²) < 4.78 is 28.6. The molecule has 0 aliphatic carbocycles. The molecule has 3 rings (SSSR count). The fraction of sp³-hybridized carbons (Fsp3) is 0.368. The first-order valence-corrected chi connectivity index (χ1v) is 10.3. The van der Waals surface area contributed by atoms with Gasteiger partial charge in [-0.2, -0.15) is 0 Å². The molecule has 6 heteroatoms. The Morgan fingerprint density at radius 1 is 1.12 bits per heavy atom. The van der Waals surface area contributed by atoms with E-state index >= 15 is 0 Å². The van der Waals surface area contributed by atoms with Crippen molar-refractivity contribution in [3.63, 3.8) is 0 Å². The summed E-state index contributed by atoms with van der Waals surface area (Å²) >= 11 is 6.09. The molecule has 1 N–H and O–H groups in total. The van der Waals surface area contributed by atoms with Gasteiger partial charge in [-0.05, 0) is 62.1 Å². The normalized spacial score (nSPS) is 18.4. The van der Waals surface area contributed by atoms with Crippen LogP contribution in [0.5, 0.6) is 0 Å². The van der Waals surface area contributed by atoms with Gasteiger partial charge >= 0.3 is 0 Å². The van der Waals surface area contributed by atoms with Crippen molar-refractivity contribution < 1.29 is 8.42 Å². The van der Waals surface area contributed by atoms with Crippen molar-refractivity contribution in [3.8, 4) is 0 Å². The van der Waals surface area contributed by atoms with Crippen LogP contribution in [0.3, 0.4) is 0 Å². The molecule has 1 saturated heterocycles. The number of hydrogen-bond donors (Lipinski definition) is 1. The number of halogens is 1. The van der Waals surface area contributed by atoms with Crippen LogP contribution in [0, 0.1) is 13.8 Å². The van der Waals surface area contributed by atoms with E-state index in [0.717, 1.165) is 30.6 Å². The first kappa shape index (κ1) is 18.2. The van der Waals surface area contributed by atoms with Gasteiger partial charge in [-0.15, -0.1) is 0 Å². The number of para-hydroxylation sites is 1. The van der Waals surface area contributed by atoms with E-state index in [2.05, 4.69) is 21.8 Å². The lowest BCUT2D eigenvalue weighted by Crippen LogP contribution is -2.47. The summed E-state index contributed by atoms with van der Waals surface area (Å²) in [5.41, 5.74) is 2.56. The number of nitrogens with one attached hydrogen (secondary N) is 1. The average molecular weight is 379 g/mol. The Morgan fingerprint density at radius 3 is 2.56 bits per heavy atom. The van der Waals surface area contributed by atoms with Crippen molar-refractivity contribution in [1.29, 1.82) is 0 Å². The first-order chi connectivity index (χ1) is 11.9. The number of hydrogen-bond acceptors (Lipinski definition) is 3. The summed E-state index contributed by atoms with van der Waals surface area (Å²) in [6.45, 7) is 5.21. The van der Waals surface area contributed by atoms with Gasteiger partial charge in [0.1, 0.15) is 0 Å². The van der Waals surface area contributed by atoms with Gasteiger partial charge in [-0.1, -0.05) is 29.8 Å². The second kappa shape index (κ2) is 7.36. The SMILES string of the molecule is Cc1cc(S(=O)(=O)N[C@H]2CCCN(c3ccccc3)C2)c(C)cc1Cl. The third-order valence-corrected chi connectivity index (χ3v) is 6.68. The molecular weight excluding hydrogens is 356 g/mol. The summed E-state index contributed by atoms with van der Waals surface area (Å²) in [7, 11) is -3.57. The molecule has 1 heterocycles. The Morgan fingerprint density at radius 2 is 1.84 bits per heavy atom. The number of rotatable bonds is 4. The van der Waals surface area contributed by atoms with Crippen LogP contribution in [0.1, 0.15) is 24.0 Å². The summed E-state index contributed by atoms with van der Waals surface area (Å²) in [6, 6.07) is 13.4. The van der Waals surface area contributed by atoms with Crippen LogP contribution in [0.25, 0.3) is 0 Å². The van der Waals surface area contributed by atoms with Crippen molar-refractivity contribution in [2.75, 3.05) is 18.0 Å². The van der Waals surface area contributed by atoms with E-state index in [4.69, 9.17) is 11.6 Å². The first-order valence-electron chi connectivity index (χ1n) is 8.46. The minimum absolute atomic E-state index is 0.102. The van der Waals surface area contributed by atoms with Crippen LogP contribution < -0.4 is 9.62 Å². The van der Waals surface area contributed by atoms with E-state index in [1.807, 2.05) is 25.1 Å². The standard InChI is InChI=1S/C19H23ClN2O2S/c1-14-12-19(15(2)11-18(14)20)25(23,24)21-16-7-6-10-22(13-16)17-8-4-3-5-9-17/h3-5,8-9,11-12,16,21H,6-7,10,13H2,1-2H3/t16-/m0/s1. The number of piperidine rings is 1. The molecule has 1 aliphatic rings. The highest BCUT2D eigenvalue weighted by atomic mass is 35.5. The van der Waals surface area contributed by atoms with E-state index in [1.165, 1.54) is 0 Å². The maximum Gasteiger partial charge on any atom is 0.241 e. The van der Waals surface area contributed by atoms with Crippen LogP contribution in [-0.2, 0) is 10.0 Å². The third kappa shape index (κ3) is 4.17. The average Bonchev–Trinajstić information content (AvgIpc) is 2.58. The predicted octanol–water partition coefficient (Wildman–Crippen LogP) is 3.90. The molecule has 25 heavy (non-hydrogen) atoms. The van der Waals surface area contributed by atoms with E-state index < -0.39 is 10.0 Å². The van der Waals surface area contributed by atoms with Gasteiger partial charge in [0.15, 0.2) is 0 Å². The molecule has 2 aromatic carbocycles. The minimum atomic E-state index is -3.57. The van der Waals surface area contributed by atoms with Crippen molar-refractivity contribution in [2.45, 2.75) is 37.6 Å². The van der Waals surface area contributed by atoms with E-state index in [-0.39, 0.29) is 6.04 Å². The number of sulfonamides is 1. The van der Waals surface area contributed by atoms with Crippen LogP contribution in [0.2, 0.25) is 5.02 Å². The molecule has 0 saturated carbocycles. The highest BCUT2D eigenvalue weighted by Crippen LogP contribution is 2.25. The Kier molecular flexibility index (Phi) is 5.37. The summed E-state index contributed by atoms with van der Waals surface area (Å²) in [4.78, 5) is 2.54. The molecule has 0 amide bonds. The molecule has 2 aromatic rings. The van der Waals surface area contributed by atoms with E-state index in [1.54, 1.807) is 19.1 Å². The molecule has 134 valence electrons. The topological polar surface area (TPSA) is 49.4 Å². The Bertz CT molecular complexity index is 853. The van der Waals surface area contributed by atoms with Gasteiger partial charge in [0.2, 0.25) is 10.0 Å². The van der Waals surface area contributed by atoms with Crippen LogP contribution in [0.4, 0.5) is 5.69 Å². The minimum Gasteiger partial charge on any atom is -0.370 e. The lowest BCUT2D eigenvalue weighted by atomic mass is 10.1.